The summed E-state index contributed by atoms with van der Waals surface area (Å²) in [6, 6.07) is 5.57. The van der Waals surface area contributed by atoms with Gasteiger partial charge in [-0.05, 0) is 56.5 Å². The summed E-state index contributed by atoms with van der Waals surface area (Å²) >= 11 is 12.7. The number of halogens is 3. The van der Waals surface area contributed by atoms with E-state index in [1.54, 1.807) is 7.11 Å². The van der Waals surface area contributed by atoms with Gasteiger partial charge >= 0.3 is 0 Å². The number of hydrogen-bond acceptors (Lipinski definition) is 4. The Morgan fingerprint density at radius 3 is 2.53 bits per heavy atom. The molecule has 0 bridgehead atoms. The molecule has 7 heteroatoms. The molecular weight excluding hydrogens is 397 g/mol. The van der Waals surface area contributed by atoms with E-state index < -0.39 is 0 Å². The highest BCUT2D eigenvalue weighted by Gasteiger charge is 2.09. The first-order valence-electron chi connectivity index (χ1n) is 5.31. The van der Waals surface area contributed by atoms with Gasteiger partial charge in [0.05, 0.1) is 17.3 Å². The van der Waals surface area contributed by atoms with Crippen molar-refractivity contribution in [2.24, 2.45) is 0 Å². The van der Waals surface area contributed by atoms with Crippen LogP contribution >= 0.6 is 43.5 Å². The smallest absolute Gasteiger partial charge is 0.224 e. The normalized spacial score (nSPS) is 10.4. The minimum Gasteiger partial charge on any atom is -0.495 e. The number of aryl methyl sites for hydroxylation is 1. The highest BCUT2D eigenvalue weighted by molar-refractivity contribution is 9.11. The number of methoxy groups -OCH3 is 1. The van der Waals surface area contributed by atoms with Crippen molar-refractivity contribution in [2.45, 2.75) is 6.92 Å². The summed E-state index contributed by atoms with van der Waals surface area (Å²) in [7, 11) is 1.61. The molecule has 0 aliphatic heterocycles. The average Bonchev–Trinajstić information content (AvgIpc) is 2.31. The molecule has 0 fully saturated rings. The summed E-state index contributed by atoms with van der Waals surface area (Å²) < 4.78 is 7.01. The van der Waals surface area contributed by atoms with E-state index in [1.165, 1.54) is 0 Å². The van der Waals surface area contributed by atoms with Crippen molar-refractivity contribution >= 4 is 55.0 Å². The first-order valence-corrected chi connectivity index (χ1v) is 7.27. The number of ether oxygens (including phenoxy) is 1. The van der Waals surface area contributed by atoms with Gasteiger partial charge in [0.1, 0.15) is 11.6 Å². The summed E-state index contributed by atoms with van der Waals surface area (Å²) in [5.74, 6) is 1.35. The van der Waals surface area contributed by atoms with Gasteiger partial charge in [-0.2, -0.15) is 0 Å². The van der Waals surface area contributed by atoms with Crippen LogP contribution in [0.15, 0.2) is 27.1 Å². The molecule has 0 aliphatic carbocycles. The predicted octanol–water partition coefficient (Wildman–Crippen LogP) is 4.72. The number of hydrogen-bond donors (Lipinski definition) is 1. The largest absolute Gasteiger partial charge is 0.495 e. The van der Waals surface area contributed by atoms with E-state index in [0.29, 0.717) is 5.82 Å². The predicted molar refractivity (Wildman–Crippen MR) is 83.5 cm³/mol. The maximum Gasteiger partial charge on any atom is 0.224 e. The lowest BCUT2D eigenvalue weighted by Crippen LogP contribution is -1.98. The molecule has 0 aliphatic rings. The van der Waals surface area contributed by atoms with Crippen molar-refractivity contribution in [1.82, 2.24) is 9.97 Å². The van der Waals surface area contributed by atoms with Crippen molar-refractivity contribution in [3.05, 3.63) is 38.1 Å². The lowest BCUT2D eigenvalue weighted by atomic mass is 10.3. The van der Waals surface area contributed by atoms with Gasteiger partial charge in [-0.3, -0.25) is 0 Å². The second-order valence-corrected chi connectivity index (χ2v) is 5.80. The Hall–Kier alpha value is -0.850. The van der Waals surface area contributed by atoms with Gasteiger partial charge < -0.3 is 10.1 Å². The van der Waals surface area contributed by atoms with Gasteiger partial charge in [0, 0.05) is 22.3 Å². The standard InChI is InChI=1S/C12H10Br2ClN3O/c1-6-3-11(18-12(15)16-6)17-9-5-10(19-2)8(14)4-7(9)13/h3-5H,1-2H3,(H,16,17,18). The minimum atomic E-state index is 0.211. The molecular formula is C12H10Br2ClN3O. The fraction of sp³-hybridized carbons (Fsp3) is 0.167. The van der Waals surface area contributed by atoms with E-state index in [-0.39, 0.29) is 5.28 Å². The lowest BCUT2D eigenvalue weighted by molar-refractivity contribution is 0.412. The minimum absolute atomic E-state index is 0.211. The third kappa shape index (κ3) is 3.58. The molecule has 0 radical (unpaired) electrons. The number of benzene rings is 1. The van der Waals surface area contributed by atoms with Crippen LogP contribution in [0.5, 0.6) is 5.75 Å². The molecule has 0 saturated heterocycles. The molecule has 0 unspecified atom stereocenters. The molecule has 0 saturated carbocycles. The summed E-state index contributed by atoms with van der Waals surface area (Å²) in [6.07, 6.45) is 0. The third-order valence-corrected chi connectivity index (χ3v) is 3.78. The first kappa shape index (κ1) is 14.6. The number of aromatic nitrogens is 2. The Morgan fingerprint density at radius 2 is 1.89 bits per heavy atom. The Kier molecular flexibility index (Phi) is 4.65. The van der Waals surface area contributed by atoms with Crippen molar-refractivity contribution in [2.75, 3.05) is 12.4 Å². The van der Waals surface area contributed by atoms with Crippen LogP contribution in [0.3, 0.4) is 0 Å². The average molecular weight is 407 g/mol. The SMILES string of the molecule is COc1cc(Nc2cc(C)nc(Cl)n2)c(Br)cc1Br. The fourth-order valence-electron chi connectivity index (χ4n) is 1.52. The molecule has 0 spiro atoms. The second-order valence-electron chi connectivity index (χ2n) is 3.76. The van der Waals surface area contributed by atoms with E-state index in [0.717, 1.165) is 26.1 Å². The van der Waals surface area contributed by atoms with Gasteiger partial charge in [0.25, 0.3) is 0 Å². The van der Waals surface area contributed by atoms with Gasteiger partial charge in [0.2, 0.25) is 5.28 Å². The Balaban J connectivity index is 2.37. The molecule has 1 aromatic carbocycles. The molecule has 1 heterocycles. The summed E-state index contributed by atoms with van der Waals surface area (Å²) in [5, 5.41) is 3.38. The molecule has 4 nitrogen and oxygen atoms in total. The monoisotopic (exact) mass is 405 g/mol. The topological polar surface area (TPSA) is 47.0 Å². The van der Waals surface area contributed by atoms with Crippen LogP contribution in [0.25, 0.3) is 0 Å². The molecule has 1 aromatic heterocycles. The van der Waals surface area contributed by atoms with Crippen molar-refractivity contribution in [3.8, 4) is 5.75 Å². The van der Waals surface area contributed by atoms with E-state index >= 15 is 0 Å². The van der Waals surface area contributed by atoms with Gasteiger partial charge in [-0.25, -0.2) is 9.97 Å². The van der Waals surface area contributed by atoms with Crippen LogP contribution in [0.4, 0.5) is 11.5 Å². The Bertz CT molecular complexity index is 602. The maximum absolute atomic E-state index is 5.83. The number of nitrogens with one attached hydrogen (secondary N) is 1. The Morgan fingerprint density at radius 1 is 1.16 bits per heavy atom. The quantitative estimate of drug-likeness (QED) is 0.749. The number of anilines is 2. The first-order chi connectivity index (χ1) is 8.99. The third-order valence-electron chi connectivity index (χ3n) is 2.33. The van der Waals surface area contributed by atoms with E-state index in [9.17, 15) is 0 Å². The molecule has 1 N–H and O–H groups in total. The summed E-state index contributed by atoms with van der Waals surface area (Å²) in [5.41, 5.74) is 1.62. The fourth-order valence-corrected chi connectivity index (χ4v) is 2.99. The molecule has 100 valence electrons. The van der Waals surface area contributed by atoms with Crippen molar-refractivity contribution < 1.29 is 4.74 Å². The molecule has 0 atom stereocenters. The van der Waals surface area contributed by atoms with Crippen LogP contribution in [0, 0.1) is 6.92 Å². The summed E-state index contributed by atoms with van der Waals surface area (Å²) in [4.78, 5) is 8.13. The molecule has 2 rings (SSSR count). The van der Waals surface area contributed by atoms with Gasteiger partial charge in [0.15, 0.2) is 0 Å². The number of nitrogens with zero attached hydrogens (tertiary/aromatic N) is 2. The molecule has 0 amide bonds. The van der Waals surface area contributed by atoms with Gasteiger partial charge in [-0.1, -0.05) is 0 Å². The zero-order chi connectivity index (χ0) is 14.0. The van der Waals surface area contributed by atoms with E-state index in [4.69, 9.17) is 16.3 Å². The number of rotatable bonds is 3. The van der Waals surface area contributed by atoms with E-state index in [1.807, 2.05) is 25.1 Å². The van der Waals surface area contributed by atoms with Crippen LogP contribution in [0.1, 0.15) is 5.69 Å². The second kappa shape index (κ2) is 6.07. The highest BCUT2D eigenvalue weighted by atomic mass is 79.9. The maximum atomic E-state index is 5.83. The Labute approximate surface area is 132 Å². The molecule has 2 aromatic rings. The lowest BCUT2D eigenvalue weighted by Gasteiger charge is -2.11. The van der Waals surface area contributed by atoms with Crippen LogP contribution in [-0.4, -0.2) is 17.1 Å². The van der Waals surface area contributed by atoms with Crippen LogP contribution in [0.2, 0.25) is 5.28 Å². The molecule has 19 heavy (non-hydrogen) atoms. The van der Waals surface area contributed by atoms with Crippen LogP contribution in [-0.2, 0) is 0 Å². The zero-order valence-electron chi connectivity index (χ0n) is 10.2. The van der Waals surface area contributed by atoms with Crippen LogP contribution < -0.4 is 10.1 Å². The summed E-state index contributed by atoms with van der Waals surface area (Å²) in [6.45, 7) is 1.86. The van der Waals surface area contributed by atoms with Crippen molar-refractivity contribution in [3.63, 3.8) is 0 Å². The van der Waals surface area contributed by atoms with E-state index in [2.05, 4.69) is 47.1 Å². The highest BCUT2D eigenvalue weighted by Crippen LogP contribution is 2.35. The van der Waals surface area contributed by atoms with Gasteiger partial charge in [-0.15, -0.1) is 0 Å². The zero-order valence-corrected chi connectivity index (χ0v) is 14.1. The van der Waals surface area contributed by atoms with Crippen molar-refractivity contribution in [1.29, 1.82) is 0 Å².